The first kappa shape index (κ1) is 17.4. The summed E-state index contributed by atoms with van der Waals surface area (Å²) in [5.41, 5.74) is 0.977. The lowest BCUT2D eigenvalue weighted by Crippen LogP contribution is -2.30. The Hall–Kier alpha value is -1.40. The van der Waals surface area contributed by atoms with E-state index in [0.29, 0.717) is 25.4 Å². The molecule has 0 radical (unpaired) electrons. The molecule has 0 saturated carbocycles. The first-order chi connectivity index (χ1) is 11.5. The van der Waals surface area contributed by atoms with E-state index in [4.69, 9.17) is 4.74 Å². The second kappa shape index (κ2) is 7.66. The van der Waals surface area contributed by atoms with Crippen LogP contribution < -0.4 is 0 Å². The number of halogens is 1. The monoisotopic (exact) mass is 395 g/mol. The molecule has 1 aromatic carbocycles. The zero-order valence-corrected chi connectivity index (χ0v) is 15.1. The van der Waals surface area contributed by atoms with Gasteiger partial charge in [0.25, 0.3) is 0 Å². The maximum absolute atomic E-state index is 12.5. The second-order valence-electron chi connectivity index (χ2n) is 6.67. The van der Waals surface area contributed by atoms with E-state index in [1.165, 1.54) is 0 Å². The van der Waals surface area contributed by atoms with Gasteiger partial charge >= 0.3 is 5.97 Å². The number of carboxylic acids is 1. The summed E-state index contributed by atoms with van der Waals surface area (Å²) in [4.78, 5) is 25.8. The predicted molar refractivity (Wildman–Crippen MR) is 92.7 cm³/mol. The number of aliphatic carboxylic acids is 1. The van der Waals surface area contributed by atoms with Gasteiger partial charge in [-0.05, 0) is 36.5 Å². The zero-order valence-electron chi connectivity index (χ0n) is 13.5. The minimum atomic E-state index is -0.831. The highest BCUT2D eigenvalue weighted by molar-refractivity contribution is 9.10. The smallest absolute Gasteiger partial charge is 0.308 e. The van der Waals surface area contributed by atoms with Crippen LogP contribution in [0.25, 0.3) is 0 Å². The number of hydrogen-bond acceptors (Lipinski definition) is 3. The fourth-order valence-corrected chi connectivity index (χ4v) is 3.87. The molecule has 0 spiro atoms. The molecule has 1 amide bonds. The normalized spacial score (nSPS) is 26.7. The van der Waals surface area contributed by atoms with Crippen LogP contribution in [0.2, 0.25) is 0 Å². The Morgan fingerprint density at radius 2 is 2.00 bits per heavy atom. The van der Waals surface area contributed by atoms with Crippen molar-refractivity contribution in [3.63, 3.8) is 0 Å². The lowest BCUT2D eigenvalue weighted by molar-refractivity contribution is -0.141. The maximum atomic E-state index is 12.5. The van der Waals surface area contributed by atoms with Gasteiger partial charge in [-0.25, -0.2) is 0 Å². The molecule has 5 nitrogen and oxygen atoms in total. The Balaban J connectivity index is 1.64. The van der Waals surface area contributed by atoms with Gasteiger partial charge in [0.1, 0.15) is 0 Å². The first-order valence-corrected chi connectivity index (χ1v) is 9.17. The summed E-state index contributed by atoms with van der Waals surface area (Å²) in [6.45, 7) is 2.32. The van der Waals surface area contributed by atoms with Crippen molar-refractivity contribution in [3.8, 4) is 0 Å². The molecule has 1 aromatic rings. The number of amides is 1. The number of nitrogens with zero attached hydrogens (tertiary/aromatic N) is 1. The standard InChI is InChI=1S/C18H22BrNO4/c19-14-4-2-13(3-5-14)15-9-20(10-16(15)18(22)23)17(21)6-1-12-7-8-24-11-12/h2-5,12,15-16H,1,6-11H2,(H,22,23)/t12?,15-,16+/m1/s1. The van der Waals surface area contributed by atoms with Gasteiger partial charge in [-0.1, -0.05) is 28.1 Å². The van der Waals surface area contributed by atoms with Gasteiger partial charge in [-0.3, -0.25) is 9.59 Å². The second-order valence-corrected chi connectivity index (χ2v) is 7.59. The van der Waals surface area contributed by atoms with Crippen molar-refractivity contribution in [2.45, 2.75) is 25.2 Å². The van der Waals surface area contributed by atoms with Gasteiger partial charge in [0.15, 0.2) is 0 Å². The third-order valence-electron chi connectivity index (χ3n) is 5.08. The van der Waals surface area contributed by atoms with Crippen LogP contribution in [-0.2, 0) is 14.3 Å². The van der Waals surface area contributed by atoms with Crippen LogP contribution >= 0.6 is 15.9 Å². The van der Waals surface area contributed by atoms with Crippen LogP contribution in [0.1, 0.15) is 30.7 Å². The predicted octanol–water partition coefficient (Wildman–Crippen LogP) is 2.89. The number of ether oxygens (including phenoxy) is 1. The van der Waals surface area contributed by atoms with Gasteiger partial charge in [0.2, 0.25) is 5.91 Å². The Morgan fingerprint density at radius 3 is 2.62 bits per heavy atom. The molecule has 130 valence electrons. The molecule has 2 aliphatic heterocycles. The summed E-state index contributed by atoms with van der Waals surface area (Å²) >= 11 is 3.39. The Kier molecular flexibility index (Phi) is 5.56. The summed E-state index contributed by atoms with van der Waals surface area (Å²) < 4.78 is 6.30. The molecule has 2 saturated heterocycles. The molecule has 0 bridgehead atoms. The fourth-order valence-electron chi connectivity index (χ4n) is 3.60. The van der Waals surface area contributed by atoms with Gasteiger partial charge in [-0.2, -0.15) is 0 Å². The Labute approximate surface area is 150 Å². The minimum Gasteiger partial charge on any atom is -0.481 e. The van der Waals surface area contributed by atoms with Crippen molar-refractivity contribution < 1.29 is 19.4 Å². The van der Waals surface area contributed by atoms with Crippen molar-refractivity contribution in [2.24, 2.45) is 11.8 Å². The lowest BCUT2D eigenvalue weighted by Gasteiger charge is -2.17. The molecule has 1 N–H and O–H groups in total. The van der Waals surface area contributed by atoms with E-state index >= 15 is 0 Å². The minimum absolute atomic E-state index is 0.0627. The molecule has 0 aromatic heterocycles. The van der Waals surface area contributed by atoms with Crippen molar-refractivity contribution in [2.75, 3.05) is 26.3 Å². The highest BCUT2D eigenvalue weighted by Gasteiger charge is 2.40. The van der Waals surface area contributed by atoms with Crippen LogP contribution in [-0.4, -0.2) is 48.2 Å². The van der Waals surface area contributed by atoms with Gasteiger partial charge < -0.3 is 14.7 Å². The summed E-state index contributed by atoms with van der Waals surface area (Å²) in [5.74, 6) is -0.983. The van der Waals surface area contributed by atoms with E-state index in [-0.39, 0.29) is 11.8 Å². The number of benzene rings is 1. The van der Waals surface area contributed by atoms with Crippen LogP contribution in [0.4, 0.5) is 0 Å². The Bertz CT molecular complexity index is 598. The van der Waals surface area contributed by atoms with E-state index in [1.807, 2.05) is 24.3 Å². The summed E-state index contributed by atoms with van der Waals surface area (Å²) in [6.07, 6.45) is 2.33. The third-order valence-corrected chi connectivity index (χ3v) is 5.61. The quantitative estimate of drug-likeness (QED) is 0.831. The number of likely N-dealkylation sites (tertiary alicyclic amines) is 1. The fraction of sp³-hybridized carbons (Fsp3) is 0.556. The highest BCUT2D eigenvalue weighted by atomic mass is 79.9. The van der Waals surface area contributed by atoms with Crippen LogP contribution in [0.15, 0.2) is 28.7 Å². The van der Waals surface area contributed by atoms with Crippen molar-refractivity contribution in [3.05, 3.63) is 34.3 Å². The lowest BCUT2D eigenvalue weighted by atomic mass is 9.89. The molecule has 6 heteroatoms. The molecule has 1 unspecified atom stereocenters. The van der Waals surface area contributed by atoms with Gasteiger partial charge in [0, 0.05) is 43.1 Å². The maximum Gasteiger partial charge on any atom is 0.308 e. The van der Waals surface area contributed by atoms with Crippen LogP contribution in [0.3, 0.4) is 0 Å². The average molecular weight is 396 g/mol. The Morgan fingerprint density at radius 1 is 1.25 bits per heavy atom. The summed E-state index contributed by atoms with van der Waals surface area (Å²) in [6, 6.07) is 7.71. The van der Waals surface area contributed by atoms with Gasteiger partial charge in [0.05, 0.1) is 5.92 Å². The van der Waals surface area contributed by atoms with E-state index in [0.717, 1.165) is 36.1 Å². The molecule has 3 rings (SSSR count). The summed E-state index contributed by atoms with van der Waals surface area (Å²) in [7, 11) is 0. The molecular weight excluding hydrogens is 374 g/mol. The van der Waals surface area contributed by atoms with E-state index < -0.39 is 11.9 Å². The van der Waals surface area contributed by atoms with E-state index in [1.54, 1.807) is 4.90 Å². The first-order valence-electron chi connectivity index (χ1n) is 8.38. The van der Waals surface area contributed by atoms with Gasteiger partial charge in [-0.15, -0.1) is 0 Å². The molecule has 0 aliphatic carbocycles. The van der Waals surface area contributed by atoms with E-state index in [9.17, 15) is 14.7 Å². The SMILES string of the molecule is O=C(O)[C@H]1CN(C(=O)CCC2CCOC2)C[C@@H]1c1ccc(Br)cc1. The molecule has 2 heterocycles. The largest absolute Gasteiger partial charge is 0.481 e. The van der Waals surface area contributed by atoms with Crippen LogP contribution in [0.5, 0.6) is 0 Å². The average Bonchev–Trinajstić information content (AvgIpc) is 3.23. The van der Waals surface area contributed by atoms with Crippen molar-refractivity contribution >= 4 is 27.8 Å². The number of rotatable bonds is 5. The third kappa shape index (κ3) is 3.98. The number of carbonyl (C=O) groups is 2. The van der Waals surface area contributed by atoms with E-state index in [2.05, 4.69) is 15.9 Å². The number of carboxylic acid groups (broad SMARTS) is 1. The van der Waals surface area contributed by atoms with Crippen molar-refractivity contribution in [1.82, 2.24) is 4.90 Å². The number of hydrogen-bond donors (Lipinski definition) is 1. The molecule has 2 aliphatic rings. The van der Waals surface area contributed by atoms with Crippen LogP contribution in [0, 0.1) is 11.8 Å². The molecule has 24 heavy (non-hydrogen) atoms. The topological polar surface area (TPSA) is 66.8 Å². The zero-order chi connectivity index (χ0) is 17.1. The molecular formula is C18H22BrNO4. The highest BCUT2D eigenvalue weighted by Crippen LogP contribution is 2.34. The number of carbonyl (C=O) groups excluding carboxylic acids is 1. The molecule has 3 atom stereocenters. The summed E-state index contributed by atoms with van der Waals surface area (Å²) in [5, 5.41) is 9.54. The van der Waals surface area contributed by atoms with Crippen molar-refractivity contribution in [1.29, 1.82) is 0 Å². The molecule has 2 fully saturated rings.